The zero-order chi connectivity index (χ0) is 15.9. The topological polar surface area (TPSA) is 79.6 Å². The molecule has 0 aliphatic heterocycles. The Morgan fingerprint density at radius 3 is 2.59 bits per heavy atom. The van der Waals surface area contributed by atoms with Crippen molar-refractivity contribution >= 4 is 11.2 Å². The van der Waals surface area contributed by atoms with Gasteiger partial charge >= 0.3 is 5.69 Å². The maximum atomic E-state index is 12.3. The summed E-state index contributed by atoms with van der Waals surface area (Å²) in [5, 5.41) is 4.14. The maximum absolute atomic E-state index is 12.3. The van der Waals surface area contributed by atoms with Gasteiger partial charge in [0.25, 0.3) is 5.56 Å². The van der Waals surface area contributed by atoms with Crippen molar-refractivity contribution in [1.82, 2.24) is 28.5 Å². The lowest BCUT2D eigenvalue weighted by Crippen LogP contribution is -2.37. The number of aromatic nitrogens is 6. The summed E-state index contributed by atoms with van der Waals surface area (Å²) < 4.78 is 6.09. The van der Waals surface area contributed by atoms with E-state index in [-0.39, 0.29) is 11.2 Å². The summed E-state index contributed by atoms with van der Waals surface area (Å²) in [7, 11) is 4.99. The number of rotatable bonds is 4. The van der Waals surface area contributed by atoms with Gasteiger partial charge in [0.15, 0.2) is 11.2 Å². The molecule has 3 heterocycles. The molecule has 3 rings (SSSR count). The van der Waals surface area contributed by atoms with Crippen LogP contribution in [0.2, 0.25) is 0 Å². The highest BCUT2D eigenvalue weighted by Gasteiger charge is 2.13. The van der Waals surface area contributed by atoms with Crippen LogP contribution >= 0.6 is 0 Å². The summed E-state index contributed by atoms with van der Waals surface area (Å²) in [6.45, 7) is 0.666. The molecule has 0 atom stereocenters. The van der Waals surface area contributed by atoms with Crippen LogP contribution in [-0.4, -0.2) is 28.5 Å². The Kier molecular flexibility index (Phi) is 3.44. The Bertz CT molecular complexity index is 943. The Hall–Kier alpha value is -2.64. The monoisotopic (exact) mass is 302 g/mol. The van der Waals surface area contributed by atoms with Gasteiger partial charge < -0.3 is 4.57 Å². The largest absolute Gasteiger partial charge is 0.332 e. The molecule has 0 amide bonds. The number of nitrogens with zero attached hydrogens (tertiary/aromatic N) is 6. The third-order valence-electron chi connectivity index (χ3n) is 3.84. The van der Waals surface area contributed by atoms with Crippen LogP contribution in [0, 0.1) is 0 Å². The Balaban J connectivity index is 1.89. The number of imidazole rings is 1. The second-order valence-electron chi connectivity index (χ2n) is 5.44. The van der Waals surface area contributed by atoms with Gasteiger partial charge in [-0.2, -0.15) is 5.10 Å². The van der Waals surface area contributed by atoms with E-state index >= 15 is 0 Å². The van der Waals surface area contributed by atoms with Crippen molar-refractivity contribution in [2.45, 2.75) is 19.4 Å². The van der Waals surface area contributed by atoms with Crippen molar-refractivity contribution in [3.63, 3.8) is 0 Å². The molecule has 3 aromatic rings. The van der Waals surface area contributed by atoms with Crippen LogP contribution in [-0.2, 0) is 34.1 Å². The van der Waals surface area contributed by atoms with Crippen LogP contribution < -0.4 is 11.2 Å². The highest BCUT2D eigenvalue weighted by Crippen LogP contribution is 2.08. The van der Waals surface area contributed by atoms with E-state index in [9.17, 15) is 9.59 Å². The van der Waals surface area contributed by atoms with Gasteiger partial charge in [0.05, 0.1) is 12.5 Å². The Labute approximate surface area is 126 Å². The number of aryl methyl sites for hydroxylation is 4. The van der Waals surface area contributed by atoms with E-state index < -0.39 is 0 Å². The van der Waals surface area contributed by atoms with Crippen LogP contribution in [0.1, 0.15) is 12.0 Å². The van der Waals surface area contributed by atoms with Crippen LogP contribution in [0.3, 0.4) is 0 Å². The van der Waals surface area contributed by atoms with Crippen molar-refractivity contribution in [2.75, 3.05) is 0 Å². The van der Waals surface area contributed by atoms with Crippen molar-refractivity contribution in [3.05, 3.63) is 45.1 Å². The molecule has 116 valence electrons. The fourth-order valence-corrected chi connectivity index (χ4v) is 2.62. The van der Waals surface area contributed by atoms with Gasteiger partial charge in [-0.15, -0.1) is 0 Å². The zero-order valence-corrected chi connectivity index (χ0v) is 12.9. The van der Waals surface area contributed by atoms with Gasteiger partial charge in [0.2, 0.25) is 0 Å². The summed E-state index contributed by atoms with van der Waals surface area (Å²) in [4.78, 5) is 28.4. The highest BCUT2D eigenvalue weighted by atomic mass is 16.2. The molecule has 0 unspecified atom stereocenters. The predicted molar refractivity (Wildman–Crippen MR) is 81.7 cm³/mol. The third kappa shape index (κ3) is 2.26. The molecule has 0 radical (unpaired) electrons. The molecule has 0 saturated heterocycles. The molecule has 22 heavy (non-hydrogen) atoms. The standard InChI is InChI=1S/C14H18N6O2/c1-17-8-10(7-16-17)5-4-6-20-9-15-12-11(20)13(21)19(3)14(22)18(12)2/h7-9H,4-6H2,1-3H3. The molecular weight excluding hydrogens is 284 g/mol. The smallest absolute Gasteiger partial charge is 0.325 e. The van der Waals surface area contributed by atoms with E-state index in [4.69, 9.17) is 0 Å². The summed E-state index contributed by atoms with van der Waals surface area (Å²) in [6, 6.07) is 0. The average Bonchev–Trinajstić information content (AvgIpc) is 3.10. The molecule has 8 heteroatoms. The molecule has 0 spiro atoms. The van der Waals surface area contributed by atoms with E-state index in [0.29, 0.717) is 17.7 Å². The minimum absolute atomic E-state index is 0.308. The lowest BCUT2D eigenvalue weighted by Gasteiger charge is -2.06. The zero-order valence-electron chi connectivity index (χ0n) is 12.9. The van der Waals surface area contributed by atoms with Crippen molar-refractivity contribution < 1.29 is 0 Å². The van der Waals surface area contributed by atoms with Gasteiger partial charge in [0.1, 0.15) is 0 Å². The first-order valence-electron chi connectivity index (χ1n) is 7.07. The van der Waals surface area contributed by atoms with Crippen LogP contribution in [0.4, 0.5) is 0 Å². The van der Waals surface area contributed by atoms with Crippen molar-refractivity contribution in [2.24, 2.45) is 21.1 Å². The molecule has 0 saturated carbocycles. The third-order valence-corrected chi connectivity index (χ3v) is 3.84. The molecule has 0 N–H and O–H groups in total. The summed E-state index contributed by atoms with van der Waals surface area (Å²) in [6.07, 6.45) is 7.18. The summed E-state index contributed by atoms with van der Waals surface area (Å²) >= 11 is 0. The first kappa shape index (κ1) is 14.3. The first-order chi connectivity index (χ1) is 10.5. The van der Waals surface area contributed by atoms with Gasteiger partial charge in [-0.1, -0.05) is 0 Å². The highest BCUT2D eigenvalue weighted by molar-refractivity contribution is 5.69. The quantitative estimate of drug-likeness (QED) is 0.668. The minimum atomic E-state index is -0.363. The minimum Gasteiger partial charge on any atom is -0.325 e. The number of hydrogen-bond donors (Lipinski definition) is 0. The number of fused-ring (bicyclic) bond motifs is 1. The second kappa shape index (κ2) is 5.28. The first-order valence-corrected chi connectivity index (χ1v) is 7.07. The SMILES string of the molecule is Cn1cc(CCCn2cnc3c2c(=O)n(C)c(=O)n3C)cn1. The van der Waals surface area contributed by atoms with Crippen LogP contribution in [0.15, 0.2) is 28.3 Å². The van der Waals surface area contributed by atoms with E-state index in [1.54, 1.807) is 18.1 Å². The summed E-state index contributed by atoms with van der Waals surface area (Å²) in [5.41, 5.74) is 1.38. The van der Waals surface area contributed by atoms with E-state index in [0.717, 1.165) is 23.0 Å². The van der Waals surface area contributed by atoms with Gasteiger partial charge in [-0.25, -0.2) is 9.78 Å². The van der Waals surface area contributed by atoms with Crippen molar-refractivity contribution in [1.29, 1.82) is 0 Å². The number of hydrogen-bond acceptors (Lipinski definition) is 4. The van der Waals surface area contributed by atoms with E-state index in [1.165, 1.54) is 11.6 Å². The molecule has 0 aromatic carbocycles. The molecule has 8 nitrogen and oxygen atoms in total. The lowest BCUT2D eigenvalue weighted by molar-refractivity contribution is 0.647. The van der Waals surface area contributed by atoms with Crippen molar-refractivity contribution in [3.8, 4) is 0 Å². The molecule has 0 aliphatic rings. The van der Waals surface area contributed by atoms with E-state index in [1.807, 2.05) is 24.0 Å². The predicted octanol–water partition coefficient (Wildman–Crippen LogP) is -0.200. The Morgan fingerprint density at radius 1 is 1.14 bits per heavy atom. The normalized spacial score (nSPS) is 11.4. The lowest BCUT2D eigenvalue weighted by atomic mass is 10.2. The molecule has 0 aliphatic carbocycles. The fourth-order valence-electron chi connectivity index (χ4n) is 2.62. The summed E-state index contributed by atoms with van der Waals surface area (Å²) in [5.74, 6) is 0. The van der Waals surface area contributed by atoms with Crippen LogP contribution in [0.25, 0.3) is 11.2 Å². The maximum Gasteiger partial charge on any atom is 0.332 e. The fraction of sp³-hybridized carbons (Fsp3) is 0.429. The van der Waals surface area contributed by atoms with Crippen LogP contribution in [0.5, 0.6) is 0 Å². The molecular formula is C14H18N6O2. The van der Waals surface area contributed by atoms with Gasteiger partial charge in [0, 0.05) is 33.9 Å². The van der Waals surface area contributed by atoms with Gasteiger partial charge in [-0.05, 0) is 18.4 Å². The van der Waals surface area contributed by atoms with E-state index in [2.05, 4.69) is 10.1 Å². The van der Waals surface area contributed by atoms with Gasteiger partial charge in [-0.3, -0.25) is 18.6 Å². The average molecular weight is 302 g/mol. The Morgan fingerprint density at radius 2 is 1.91 bits per heavy atom. The molecule has 0 fully saturated rings. The molecule has 0 bridgehead atoms. The second-order valence-corrected chi connectivity index (χ2v) is 5.44. The molecule has 3 aromatic heterocycles.